The summed E-state index contributed by atoms with van der Waals surface area (Å²) >= 11 is 0. The first kappa shape index (κ1) is 20.9. The van der Waals surface area contributed by atoms with Crippen LogP contribution in [0.1, 0.15) is 26.3 Å². The molecule has 9 nitrogen and oxygen atoms in total. The Hall–Kier alpha value is -2.17. The zero-order chi connectivity index (χ0) is 19.3. The van der Waals surface area contributed by atoms with Gasteiger partial charge in [0.05, 0.1) is 4.90 Å². The smallest absolute Gasteiger partial charge is 0.408 e. The Bertz CT molecular complexity index is 710. The minimum atomic E-state index is -4.02. The Morgan fingerprint density at radius 3 is 2.24 bits per heavy atom. The summed E-state index contributed by atoms with van der Waals surface area (Å²) in [6.07, 6.45) is -0.582. The van der Waals surface area contributed by atoms with Gasteiger partial charge in [0.1, 0.15) is 11.6 Å². The molecule has 4 N–H and O–H groups in total. The minimum Gasteiger partial charge on any atom is -0.444 e. The summed E-state index contributed by atoms with van der Waals surface area (Å²) in [6.45, 7) is 7.50. The van der Waals surface area contributed by atoms with Crippen LogP contribution in [-0.4, -0.2) is 43.2 Å². The summed E-state index contributed by atoms with van der Waals surface area (Å²) in [7, 11) is -4.02. The molecule has 2 rings (SSSR count). The van der Waals surface area contributed by atoms with E-state index in [0.717, 1.165) is 5.56 Å². The number of carbonyl (C=O) groups is 2. The van der Waals surface area contributed by atoms with E-state index < -0.39 is 27.9 Å². The van der Waals surface area contributed by atoms with Crippen molar-refractivity contribution in [1.29, 1.82) is 0 Å². The Labute approximate surface area is 146 Å². The Kier molecular flexibility index (Phi) is 6.91. The number of carbonyl (C=O) groups excluding carboxylic acids is 2. The number of rotatable bonds is 2. The molecule has 140 valence electrons. The van der Waals surface area contributed by atoms with Crippen LogP contribution in [0, 0.1) is 6.92 Å². The third-order valence-corrected chi connectivity index (χ3v) is 3.71. The predicted molar refractivity (Wildman–Crippen MR) is 90.3 cm³/mol. The topological polar surface area (TPSA) is 134 Å². The van der Waals surface area contributed by atoms with E-state index in [1.165, 1.54) is 12.1 Å². The van der Waals surface area contributed by atoms with Crippen molar-refractivity contribution < 1.29 is 27.3 Å². The van der Waals surface area contributed by atoms with Gasteiger partial charge in [0, 0.05) is 6.54 Å². The average Bonchev–Trinajstić information content (AvgIpc) is 2.82. The summed E-state index contributed by atoms with van der Waals surface area (Å²) in [4.78, 5) is 22.2. The fourth-order valence-electron chi connectivity index (χ4n) is 1.70. The third-order valence-electron chi connectivity index (χ3n) is 2.84. The van der Waals surface area contributed by atoms with Gasteiger partial charge >= 0.3 is 6.09 Å². The second kappa shape index (κ2) is 8.28. The maximum atomic E-state index is 11.2. The van der Waals surface area contributed by atoms with Gasteiger partial charge in [-0.05, 0) is 39.8 Å². The minimum absolute atomic E-state index is 0.0666. The first-order chi connectivity index (χ1) is 11.4. The molecule has 0 aliphatic carbocycles. The van der Waals surface area contributed by atoms with Crippen LogP contribution in [-0.2, 0) is 19.6 Å². The summed E-state index contributed by atoms with van der Waals surface area (Å²) in [5.74, 6) is -0.254. The number of amides is 2. The van der Waals surface area contributed by atoms with Crippen LogP contribution in [0.15, 0.2) is 29.2 Å². The van der Waals surface area contributed by atoms with E-state index in [1.54, 1.807) is 32.9 Å². The van der Waals surface area contributed by atoms with E-state index in [9.17, 15) is 18.0 Å². The van der Waals surface area contributed by atoms with E-state index in [-0.39, 0.29) is 10.8 Å². The van der Waals surface area contributed by atoms with Crippen LogP contribution < -0.4 is 16.2 Å². The summed E-state index contributed by atoms with van der Waals surface area (Å²) in [5, 5.41) is 2.45. The fraction of sp³-hybridized carbons (Fsp3) is 0.467. The lowest BCUT2D eigenvalue weighted by molar-refractivity contribution is -0.121. The SMILES string of the molecule is CC(C)(C)OC(=O)NC1CNNC1=O.Cc1ccc(S(=O)(=O)O)cc1. The fourth-order valence-corrected chi connectivity index (χ4v) is 2.18. The highest BCUT2D eigenvalue weighted by Gasteiger charge is 2.27. The van der Waals surface area contributed by atoms with Crippen LogP contribution in [0.4, 0.5) is 4.79 Å². The maximum Gasteiger partial charge on any atom is 0.408 e. The Balaban J connectivity index is 0.000000257. The molecular weight excluding hydrogens is 350 g/mol. The largest absolute Gasteiger partial charge is 0.444 e. The number of benzene rings is 1. The molecule has 1 aromatic rings. The normalized spacial score (nSPS) is 17.2. The van der Waals surface area contributed by atoms with Gasteiger partial charge in [0.25, 0.3) is 16.0 Å². The van der Waals surface area contributed by atoms with Crippen LogP contribution in [0.25, 0.3) is 0 Å². The number of aryl methyl sites for hydroxylation is 1. The van der Waals surface area contributed by atoms with Crippen LogP contribution in [0.2, 0.25) is 0 Å². The van der Waals surface area contributed by atoms with Gasteiger partial charge in [0.2, 0.25) is 0 Å². The number of nitrogens with one attached hydrogen (secondary N) is 3. The average molecular weight is 373 g/mol. The lowest BCUT2D eigenvalue weighted by Gasteiger charge is -2.20. The van der Waals surface area contributed by atoms with Gasteiger partial charge in [-0.25, -0.2) is 10.2 Å². The molecule has 0 aromatic heterocycles. The maximum absolute atomic E-state index is 11.2. The van der Waals surface area contributed by atoms with Crippen molar-refractivity contribution in [2.75, 3.05) is 6.54 Å². The van der Waals surface area contributed by atoms with E-state index in [0.29, 0.717) is 6.54 Å². The zero-order valence-electron chi connectivity index (χ0n) is 14.5. The number of hydrogen-bond donors (Lipinski definition) is 4. The number of hydrazine groups is 1. The standard InChI is InChI=1S/C8H15N3O3.C7H8O3S/c1-8(2,3)14-7(13)10-5-4-9-11-6(5)12;1-6-2-4-7(5-3-6)11(8,9)10/h5,9H,4H2,1-3H3,(H,10,13)(H,11,12);2-5H,1H3,(H,8,9,10). The van der Waals surface area contributed by atoms with Crippen molar-refractivity contribution in [3.8, 4) is 0 Å². The monoisotopic (exact) mass is 373 g/mol. The van der Waals surface area contributed by atoms with Gasteiger partial charge < -0.3 is 10.1 Å². The van der Waals surface area contributed by atoms with Crippen LogP contribution >= 0.6 is 0 Å². The number of alkyl carbamates (subject to hydrolysis) is 1. The molecule has 1 aliphatic heterocycles. The Morgan fingerprint density at radius 1 is 1.28 bits per heavy atom. The molecule has 0 saturated carbocycles. The summed E-state index contributed by atoms with van der Waals surface area (Å²) in [6, 6.07) is 5.44. The lowest BCUT2D eigenvalue weighted by Crippen LogP contribution is -2.44. The summed E-state index contributed by atoms with van der Waals surface area (Å²) < 4.78 is 34.5. The molecule has 1 aliphatic rings. The van der Waals surface area contributed by atoms with Crippen molar-refractivity contribution in [2.24, 2.45) is 0 Å². The molecule has 1 unspecified atom stereocenters. The van der Waals surface area contributed by atoms with Crippen LogP contribution in [0.3, 0.4) is 0 Å². The van der Waals surface area contributed by atoms with Crippen LogP contribution in [0.5, 0.6) is 0 Å². The molecule has 10 heteroatoms. The highest BCUT2D eigenvalue weighted by Crippen LogP contribution is 2.08. The first-order valence-electron chi connectivity index (χ1n) is 7.45. The quantitative estimate of drug-likeness (QED) is 0.562. The molecule has 2 amide bonds. The number of ether oxygens (including phenoxy) is 1. The van der Waals surface area contributed by atoms with Crippen molar-refractivity contribution in [3.05, 3.63) is 29.8 Å². The van der Waals surface area contributed by atoms with Gasteiger partial charge in [0.15, 0.2) is 0 Å². The highest BCUT2D eigenvalue weighted by molar-refractivity contribution is 7.85. The molecule has 1 fully saturated rings. The third kappa shape index (κ3) is 7.96. The summed E-state index contributed by atoms with van der Waals surface area (Å²) in [5.41, 5.74) is 5.41. The van der Waals surface area contributed by atoms with Crippen molar-refractivity contribution >= 4 is 22.1 Å². The molecule has 1 saturated heterocycles. The van der Waals surface area contributed by atoms with Gasteiger partial charge in [-0.1, -0.05) is 17.7 Å². The Morgan fingerprint density at radius 2 is 1.84 bits per heavy atom. The molecule has 25 heavy (non-hydrogen) atoms. The second-order valence-electron chi connectivity index (χ2n) is 6.36. The van der Waals surface area contributed by atoms with E-state index in [4.69, 9.17) is 9.29 Å². The van der Waals surface area contributed by atoms with Gasteiger partial charge in [-0.15, -0.1) is 0 Å². The molecule has 0 bridgehead atoms. The molecule has 1 aromatic carbocycles. The van der Waals surface area contributed by atoms with E-state index in [2.05, 4.69) is 16.2 Å². The highest BCUT2D eigenvalue weighted by atomic mass is 32.2. The molecular formula is C15H23N3O6S. The van der Waals surface area contributed by atoms with Crippen molar-refractivity contribution in [2.45, 2.75) is 44.2 Å². The zero-order valence-corrected chi connectivity index (χ0v) is 15.3. The van der Waals surface area contributed by atoms with Crippen molar-refractivity contribution in [1.82, 2.24) is 16.2 Å². The predicted octanol–water partition coefficient (Wildman–Crippen LogP) is 0.756. The van der Waals surface area contributed by atoms with Gasteiger partial charge in [-0.3, -0.25) is 14.8 Å². The van der Waals surface area contributed by atoms with E-state index >= 15 is 0 Å². The lowest BCUT2D eigenvalue weighted by atomic mass is 10.2. The molecule has 0 radical (unpaired) electrons. The van der Waals surface area contributed by atoms with Crippen molar-refractivity contribution in [3.63, 3.8) is 0 Å². The molecule has 1 atom stereocenters. The molecule has 1 heterocycles. The second-order valence-corrected chi connectivity index (χ2v) is 7.78. The van der Waals surface area contributed by atoms with E-state index in [1.807, 2.05) is 6.92 Å². The first-order valence-corrected chi connectivity index (χ1v) is 8.89. The molecule has 0 spiro atoms. The number of hydrogen-bond acceptors (Lipinski definition) is 6. The van der Waals surface area contributed by atoms with Gasteiger partial charge in [-0.2, -0.15) is 8.42 Å².